The Morgan fingerprint density at radius 2 is 1.76 bits per heavy atom. The molecular weight excluding hydrogens is 316 g/mol. The lowest BCUT2D eigenvalue weighted by Gasteiger charge is -2.16. The number of amides is 1. The maximum absolute atomic E-state index is 12.1. The number of carbonyl (C=O) groups excluding carboxylic acids is 1. The quantitative estimate of drug-likeness (QED) is 0.648. The molecule has 0 heterocycles. The molecule has 0 aromatic heterocycles. The second-order valence-corrected chi connectivity index (χ2v) is 5.80. The first-order valence-corrected chi connectivity index (χ1v) is 8.10. The van der Waals surface area contributed by atoms with Gasteiger partial charge < -0.3 is 14.9 Å². The summed E-state index contributed by atoms with van der Waals surface area (Å²) >= 11 is 0. The van der Waals surface area contributed by atoms with Crippen molar-refractivity contribution in [1.29, 1.82) is 0 Å². The van der Waals surface area contributed by atoms with Crippen molar-refractivity contribution in [2.45, 2.75) is 27.4 Å². The third kappa shape index (κ3) is 4.18. The van der Waals surface area contributed by atoms with Gasteiger partial charge in [-0.1, -0.05) is 41.6 Å². The zero-order chi connectivity index (χ0) is 18.4. The van der Waals surface area contributed by atoms with Crippen LogP contribution < -0.4 is 10.1 Å². The predicted molar refractivity (Wildman–Crippen MR) is 99.0 cm³/mol. The number of hydrogen-bond acceptors (Lipinski definition) is 4. The Kier molecular flexibility index (Phi) is 6.17. The normalized spacial score (nSPS) is 11.2. The molecule has 0 aliphatic carbocycles. The summed E-state index contributed by atoms with van der Waals surface area (Å²) in [5, 5.41) is 6.46. The number of nitrogens with one attached hydrogen (secondary N) is 1. The van der Waals surface area contributed by atoms with Gasteiger partial charge in [-0.05, 0) is 43.0 Å². The van der Waals surface area contributed by atoms with Crippen LogP contribution in [0.5, 0.6) is 5.75 Å². The predicted octanol–water partition coefficient (Wildman–Crippen LogP) is 3.29. The van der Waals surface area contributed by atoms with Gasteiger partial charge >= 0.3 is 0 Å². The summed E-state index contributed by atoms with van der Waals surface area (Å²) in [6.07, 6.45) is 0. The standard InChI is InChI=1S/C20H24N2O3/c1-13-10-11-14(2)19(15(13)3)25-12-16-8-6-7-9-17(16)18(22-24-5)20(23)21-4/h6-11H,12H2,1-5H3,(H,21,23)/b22-18-. The van der Waals surface area contributed by atoms with Crippen molar-refractivity contribution < 1.29 is 14.4 Å². The van der Waals surface area contributed by atoms with Crippen molar-refractivity contribution >= 4 is 11.6 Å². The minimum absolute atomic E-state index is 0.224. The Balaban J connectivity index is 2.35. The summed E-state index contributed by atoms with van der Waals surface area (Å²) in [5.74, 6) is 0.567. The minimum atomic E-state index is -0.308. The van der Waals surface area contributed by atoms with Gasteiger partial charge in [0.05, 0.1) is 0 Å². The maximum Gasteiger partial charge on any atom is 0.273 e. The van der Waals surface area contributed by atoms with E-state index in [-0.39, 0.29) is 11.6 Å². The Morgan fingerprint density at radius 1 is 1.08 bits per heavy atom. The Bertz CT molecular complexity index is 798. The van der Waals surface area contributed by atoms with Crippen LogP contribution in [-0.2, 0) is 16.2 Å². The van der Waals surface area contributed by atoms with Gasteiger partial charge in [-0.2, -0.15) is 0 Å². The van der Waals surface area contributed by atoms with E-state index in [1.165, 1.54) is 12.7 Å². The van der Waals surface area contributed by atoms with E-state index in [4.69, 9.17) is 9.57 Å². The van der Waals surface area contributed by atoms with Crippen LogP contribution in [0.3, 0.4) is 0 Å². The average molecular weight is 340 g/mol. The molecule has 2 rings (SSSR count). The lowest BCUT2D eigenvalue weighted by molar-refractivity contribution is -0.114. The number of oxime groups is 1. The van der Waals surface area contributed by atoms with Crippen molar-refractivity contribution in [1.82, 2.24) is 5.32 Å². The minimum Gasteiger partial charge on any atom is -0.488 e. The number of likely N-dealkylation sites (N-methyl/N-ethyl adjacent to an activating group) is 1. The molecule has 0 aliphatic heterocycles. The van der Waals surface area contributed by atoms with Crippen molar-refractivity contribution in [3.8, 4) is 5.75 Å². The lowest BCUT2D eigenvalue weighted by Crippen LogP contribution is -2.29. The average Bonchev–Trinajstić information content (AvgIpc) is 2.63. The highest BCUT2D eigenvalue weighted by Crippen LogP contribution is 2.27. The second kappa shape index (κ2) is 8.33. The molecule has 132 valence electrons. The van der Waals surface area contributed by atoms with Crippen LogP contribution >= 0.6 is 0 Å². The van der Waals surface area contributed by atoms with E-state index in [1.54, 1.807) is 7.05 Å². The highest BCUT2D eigenvalue weighted by Gasteiger charge is 2.18. The van der Waals surface area contributed by atoms with Crippen LogP contribution in [0, 0.1) is 20.8 Å². The van der Waals surface area contributed by atoms with Crippen molar-refractivity contribution in [2.24, 2.45) is 5.16 Å². The number of aryl methyl sites for hydroxylation is 2. The van der Waals surface area contributed by atoms with Gasteiger partial charge in [0.2, 0.25) is 0 Å². The maximum atomic E-state index is 12.1. The van der Waals surface area contributed by atoms with Gasteiger partial charge in [0, 0.05) is 12.6 Å². The molecule has 0 spiro atoms. The van der Waals surface area contributed by atoms with Crippen LogP contribution in [0.15, 0.2) is 41.6 Å². The Hall–Kier alpha value is -2.82. The van der Waals surface area contributed by atoms with Gasteiger partial charge in [-0.15, -0.1) is 0 Å². The van der Waals surface area contributed by atoms with Gasteiger partial charge in [-0.25, -0.2) is 0 Å². The molecule has 0 unspecified atom stereocenters. The van der Waals surface area contributed by atoms with Crippen molar-refractivity contribution in [2.75, 3.05) is 14.2 Å². The molecule has 0 radical (unpaired) electrons. The zero-order valence-corrected chi connectivity index (χ0v) is 15.3. The number of nitrogens with zero attached hydrogens (tertiary/aromatic N) is 1. The van der Waals surface area contributed by atoms with Gasteiger partial charge in [0.25, 0.3) is 5.91 Å². The van der Waals surface area contributed by atoms with Crippen molar-refractivity contribution in [3.63, 3.8) is 0 Å². The highest BCUT2D eigenvalue weighted by atomic mass is 16.6. The molecular formula is C20H24N2O3. The molecule has 0 bridgehead atoms. The molecule has 5 heteroatoms. The Labute approximate surface area is 148 Å². The van der Waals surface area contributed by atoms with Crippen molar-refractivity contribution in [3.05, 3.63) is 64.2 Å². The van der Waals surface area contributed by atoms with Gasteiger partial charge in [0.1, 0.15) is 19.5 Å². The third-order valence-corrected chi connectivity index (χ3v) is 4.14. The molecule has 0 saturated heterocycles. The number of hydrogen-bond donors (Lipinski definition) is 1. The fourth-order valence-corrected chi connectivity index (χ4v) is 2.60. The van der Waals surface area contributed by atoms with Gasteiger partial charge in [-0.3, -0.25) is 4.79 Å². The molecule has 0 atom stereocenters. The van der Waals surface area contributed by atoms with Gasteiger partial charge in [0.15, 0.2) is 5.71 Å². The first-order valence-electron chi connectivity index (χ1n) is 8.10. The summed E-state index contributed by atoms with van der Waals surface area (Å²) in [4.78, 5) is 17.0. The number of carbonyl (C=O) groups is 1. The largest absolute Gasteiger partial charge is 0.488 e. The van der Waals surface area contributed by atoms with Crippen LogP contribution in [0.1, 0.15) is 27.8 Å². The number of ether oxygens (including phenoxy) is 1. The first-order chi connectivity index (χ1) is 12.0. The van der Waals surface area contributed by atoms with E-state index in [0.717, 1.165) is 22.4 Å². The van der Waals surface area contributed by atoms with Crippen LogP contribution in [0.25, 0.3) is 0 Å². The smallest absolute Gasteiger partial charge is 0.273 e. The number of benzene rings is 2. The van der Waals surface area contributed by atoms with E-state index in [0.29, 0.717) is 12.2 Å². The SMILES string of the molecule is CNC(=O)/C(=N\OC)c1ccccc1COc1c(C)ccc(C)c1C. The van der Waals surface area contributed by atoms with E-state index in [9.17, 15) is 4.79 Å². The fraction of sp³-hybridized carbons (Fsp3) is 0.300. The number of rotatable bonds is 6. The van der Waals surface area contributed by atoms with E-state index < -0.39 is 0 Å². The zero-order valence-electron chi connectivity index (χ0n) is 15.3. The summed E-state index contributed by atoms with van der Waals surface area (Å²) < 4.78 is 6.09. The fourth-order valence-electron chi connectivity index (χ4n) is 2.60. The monoisotopic (exact) mass is 340 g/mol. The van der Waals surface area contributed by atoms with Crippen LogP contribution in [0.4, 0.5) is 0 Å². The molecule has 0 aliphatic rings. The van der Waals surface area contributed by atoms with Crippen LogP contribution in [-0.4, -0.2) is 25.8 Å². The van der Waals surface area contributed by atoms with Crippen LogP contribution in [0.2, 0.25) is 0 Å². The summed E-state index contributed by atoms with van der Waals surface area (Å²) in [5.41, 5.74) is 5.16. The molecule has 0 fully saturated rings. The van der Waals surface area contributed by atoms with E-state index in [2.05, 4.69) is 23.5 Å². The second-order valence-electron chi connectivity index (χ2n) is 5.80. The topological polar surface area (TPSA) is 59.9 Å². The summed E-state index contributed by atoms with van der Waals surface area (Å²) in [6.45, 7) is 6.47. The van der Waals surface area contributed by atoms with E-state index in [1.807, 2.05) is 44.2 Å². The Morgan fingerprint density at radius 3 is 2.44 bits per heavy atom. The summed E-state index contributed by atoms with van der Waals surface area (Å²) in [6, 6.07) is 11.7. The highest BCUT2D eigenvalue weighted by molar-refractivity contribution is 6.45. The molecule has 5 nitrogen and oxygen atoms in total. The molecule has 0 saturated carbocycles. The first kappa shape index (κ1) is 18.5. The summed E-state index contributed by atoms with van der Waals surface area (Å²) in [7, 11) is 2.98. The third-order valence-electron chi connectivity index (χ3n) is 4.14. The molecule has 2 aromatic rings. The molecule has 1 amide bonds. The lowest BCUT2D eigenvalue weighted by atomic mass is 10.0. The molecule has 25 heavy (non-hydrogen) atoms. The van der Waals surface area contributed by atoms with E-state index >= 15 is 0 Å². The molecule has 2 aromatic carbocycles. The molecule has 1 N–H and O–H groups in total.